The second-order valence-electron chi connectivity index (χ2n) is 5.46. The Morgan fingerprint density at radius 1 is 1.36 bits per heavy atom. The number of aromatic amines is 1. The molecule has 0 saturated carbocycles. The summed E-state index contributed by atoms with van der Waals surface area (Å²) >= 11 is 0. The predicted molar refractivity (Wildman–Crippen MR) is 83.5 cm³/mol. The minimum atomic E-state index is -0.122. The molecule has 1 aromatic carbocycles. The summed E-state index contributed by atoms with van der Waals surface area (Å²) in [4.78, 5) is 11.9. The van der Waals surface area contributed by atoms with Crippen molar-refractivity contribution < 1.29 is 4.79 Å². The molecule has 0 aliphatic rings. The highest BCUT2D eigenvalue weighted by atomic mass is 16.1. The van der Waals surface area contributed by atoms with Crippen molar-refractivity contribution in [2.24, 2.45) is 0 Å². The lowest BCUT2D eigenvalue weighted by molar-refractivity contribution is -0.116. The summed E-state index contributed by atoms with van der Waals surface area (Å²) in [6, 6.07) is 8.65. The number of rotatable bonds is 5. The largest absolute Gasteiger partial charge is 0.345 e. The van der Waals surface area contributed by atoms with E-state index in [9.17, 15) is 4.79 Å². The Morgan fingerprint density at radius 2 is 2.18 bits per heavy atom. The number of nitrogens with one attached hydrogen (secondary N) is 2. The lowest BCUT2D eigenvalue weighted by Gasteiger charge is -2.08. The molecule has 0 atom stereocenters. The molecule has 0 bridgehead atoms. The number of amides is 1. The predicted octanol–water partition coefficient (Wildman–Crippen LogP) is 2.31. The van der Waals surface area contributed by atoms with E-state index in [4.69, 9.17) is 0 Å². The van der Waals surface area contributed by atoms with Gasteiger partial charge in [0.2, 0.25) is 5.91 Å². The lowest BCUT2D eigenvalue weighted by atomic mass is 10.1. The molecule has 0 spiro atoms. The third-order valence-corrected chi connectivity index (χ3v) is 3.60. The maximum atomic E-state index is 11.9. The number of hydrogen-bond acceptors (Lipinski definition) is 4. The third-order valence-electron chi connectivity index (χ3n) is 3.60. The van der Waals surface area contributed by atoms with Gasteiger partial charge in [-0.1, -0.05) is 23.3 Å². The molecule has 2 N–H and O–H groups in total. The number of hydrogen-bond donors (Lipinski definition) is 2. The average molecular weight is 298 g/mol. The molecule has 0 aliphatic carbocycles. The normalized spacial score (nSPS) is 11.2. The first-order chi connectivity index (χ1) is 10.6. The molecule has 22 heavy (non-hydrogen) atoms. The highest BCUT2D eigenvalue weighted by Gasteiger charge is 2.12. The van der Waals surface area contributed by atoms with Crippen molar-refractivity contribution in [3.63, 3.8) is 0 Å². The van der Waals surface area contributed by atoms with E-state index in [0.29, 0.717) is 18.9 Å². The van der Waals surface area contributed by atoms with Crippen LogP contribution < -0.4 is 5.32 Å². The topological polar surface area (TPSA) is 88.5 Å². The highest BCUT2D eigenvalue weighted by Crippen LogP contribution is 2.25. The molecule has 1 amide bonds. The summed E-state index contributed by atoms with van der Waals surface area (Å²) < 4.78 is 2.24. The first-order valence-electron chi connectivity index (χ1n) is 7.27. The van der Waals surface area contributed by atoms with E-state index < -0.39 is 0 Å². The van der Waals surface area contributed by atoms with Gasteiger partial charge in [0.15, 0.2) is 0 Å². The van der Waals surface area contributed by atoms with E-state index in [0.717, 1.165) is 0 Å². The molecule has 2 heterocycles. The number of fused-ring (bicyclic) bond motifs is 1. The summed E-state index contributed by atoms with van der Waals surface area (Å²) in [5.41, 5.74) is 2.37. The number of benzene rings is 1. The second kappa shape index (κ2) is 5.97. The third kappa shape index (κ3) is 2.83. The summed E-state index contributed by atoms with van der Waals surface area (Å²) in [5.74, 6) is 0.0809. The van der Waals surface area contributed by atoms with E-state index in [2.05, 4.69) is 62.7 Å². The van der Waals surface area contributed by atoms with E-state index in [1.54, 1.807) is 0 Å². The van der Waals surface area contributed by atoms with Gasteiger partial charge in [-0.2, -0.15) is 5.21 Å². The van der Waals surface area contributed by atoms with Crippen LogP contribution >= 0.6 is 0 Å². The van der Waals surface area contributed by atoms with Crippen LogP contribution in [0.4, 0.5) is 5.95 Å². The molecule has 3 rings (SSSR count). The number of carbonyl (C=O) groups excluding carboxylic acids is 1. The molecule has 0 saturated heterocycles. The minimum absolute atomic E-state index is 0.122. The number of anilines is 1. The number of carbonyl (C=O) groups is 1. The first-order valence-corrected chi connectivity index (χ1v) is 7.27. The number of aryl methyl sites for hydroxylation is 1. The fourth-order valence-corrected chi connectivity index (χ4v) is 2.55. The molecule has 7 nitrogen and oxygen atoms in total. The number of nitrogens with zero attached hydrogens (tertiary/aromatic N) is 4. The van der Waals surface area contributed by atoms with E-state index in [1.807, 2.05) is 12.1 Å². The van der Waals surface area contributed by atoms with Crippen LogP contribution in [0.3, 0.4) is 0 Å². The molecular formula is C15H18N6O. The quantitative estimate of drug-likeness (QED) is 0.756. The molecule has 0 unspecified atom stereocenters. The van der Waals surface area contributed by atoms with Crippen molar-refractivity contribution in [3.05, 3.63) is 36.0 Å². The van der Waals surface area contributed by atoms with Crippen molar-refractivity contribution in [2.45, 2.75) is 32.7 Å². The molecule has 0 radical (unpaired) electrons. The molecular weight excluding hydrogens is 280 g/mol. The Labute approximate surface area is 127 Å². The SMILES string of the molecule is CC(C)n1cc(CCC(=O)Nc2nn[nH]n2)c2ccccc21. The van der Waals surface area contributed by atoms with Crippen molar-refractivity contribution in [1.82, 2.24) is 25.2 Å². The Morgan fingerprint density at radius 3 is 2.91 bits per heavy atom. The Kier molecular flexibility index (Phi) is 3.86. The zero-order valence-electron chi connectivity index (χ0n) is 12.6. The van der Waals surface area contributed by atoms with Gasteiger partial charge in [0, 0.05) is 29.6 Å². The standard InChI is InChI=1S/C15H18N6O/c1-10(2)21-9-11(12-5-3-4-6-13(12)21)7-8-14(22)16-15-17-19-20-18-15/h3-6,9-10H,7-8H2,1-2H3,(H2,16,17,18,19,20,22). The first kappa shape index (κ1) is 14.2. The molecule has 7 heteroatoms. The van der Waals surface area contributed by atoms with Crippen molar-refractivity contribution in [3.8, 4) is 0 Å². The van der Waals surface area contributed by atoms with Gasteiger partial charge in [-0.15, -0.1) is 5.10 Å². The number of para-hydroxylation sites is 1. The number of aromatic nitrogens is 5. The van der Waals surface area contributed by atoms with Gasteiger partial charge in [-0.3, -0.25) is 10.1 Å². The van der Waals surface area contributed by atoms with Gasteiger partial charge in [-0.05, 0) is 37.1 Å². The molecule has 114 valence electrons. The van der Waals surface area contributed by atoms with Gasteiger partial charge in [0.1, 0.15) is 0 Å². The van der Waals surface area contributed by atoms with Crippen LogP contribution in [0.2, 0.25) is 0 Å². The maximum Gasteiger partial charge on any atom is 0.269 e. The Hall–Kier alpha value is -2.70. The Bertz CT molecular complexity index is 775. The van der Waals surface area contributed by atoms with Gasteiger partial charge >= 0.3 is 0 Å². The molecule has 2 aromatic heterocycles. The summed E-state index contributed by atoms with van der Waals surface area (Å²) in [6.45, 7) is 4.30. The van der Waals surface area contributed by atoms with Gasteiger partial charge < -0.3 is 4.57 Å². The van der Waals surface area contributed by atoms with Crippen LogP contribution in [0.25, 0.3) is 10.9 Å². The molecule has 3 aromatic rings. The number of tetrazole rings is 1. The average Bonchev–Trinajstić information content (AvgIpc) is 3.12. The molecule has 0 fully saturated rings. The minimum Gasteiger partial charge on any atom is -0.345 e. The fourth-order valence-electron chi connectivity index (χ4n) is 2.55. The van der Waals surface area contributed by atoms with Crippen LogP contribution in [0.5, 0.6) is 0 Å². The van der Waals surface area contributed by atoms with Crippen molar-refractivity contribution >= 4 is 22.8 Å². The lowest BCUT2D eigenvalue weighted by Crippen LogP contribution is -2.13. The maximum absolute atomic E-state index is 11.9. The van der Waals surface area contributed by atoms with Gasteiger partial charge in [0.05, 0.1) is 0 Å². The molecule has 0 aliphatic heterocycles. The zero-order chi connectivity index (χ0) is 15.5. The van der Waals surface area contributed by atoms with Crippen LogP contribution in [-0.4, -0.2) is 31.1 Å². The zero-order valence-corrected chi connectivity index (χ0v) is 12.6. The van der Waals surface area contributed by atoms with Crippen LogP contribution in [-0.2, 0) is 11.2 Å². The summed E-state index contributed by atoms with van der Waals surface area (Å²) in [7, 11) is 0. The van der Waals surface area contributed by atoms with E-state index in [-0.39, 0.29) is 11.9 Å². The van der Waals surface area contributed by atoms with Crippen molar-refractivity contribution in [1.29, 1.82) is 0 Å². The van der Waals surface area contributed by atoms with Crippen LogP contribution in [0, 0.1) is 0 Å². The van der Waals surface area contributed by atoms with Crippen molar-refractivity contribution in [2.75, 3.05) is 5.32 Å². The number of H-pyrrole nitrogens is 1. The monoisotopic (exact) mass is 298 g/mol. The summed E-state index contributed by atoms with van der Waals surface area (Å²) in [5, 5.41) is 16.9. The van der Waals surface area contributed by atoms with E-state index >= 15 is 0 Å². The Balaban J connectivity index is 1.75. The highest BCUT2D eigenvalue weighted by molar-refractivity contribution is 5.90. The van der Waals surface area contributed by atoms with Gasteiger partial charge in [-0.25, -0.2) is 0 Å². The second-order valence-corrected chi connectivity index (χ2v) is 5.46. The van der Waals surface area contributed by atoms with Crippen LogP contribution in [0.15, 0.2) is 30.5 Å². The summed E-state index contributed by atoms with van der Waals surface area (Å²) in [6.07, 6.45) is 3.18. The smallest absolute Gasteiger partial charge is 0.269 e. The van der Waals surface area contributed by atoms with E-state index in [1.165, 1.54) is 16.5 Å². The van der Waals surface area contributed by atoms with Gasteiger partial charge in [0.25, 0.3) is 5.95 Å². The fraction of sp³-hybridized carbons (Fsp3) is 0.333. The van der Waals surface area contributed by atoms with Crippen LogP contribution in [0.1, 0.15) is 31.9 Å².